The first-order chi connectivity index (χ1) is 16.7. The van der Waals surface area contributed by atoms with E-state index in [0.29, 0.717) is 25.0 Å². The van der Waals surface area contributed by atoms with E-state index in [1.165, 1.54) is 17.7 Å². The monoisotopic (exact) mass is 491 g/mol. The van der Waals surface area contributed by atoms with Crippen molar-refractivity contribution in [2.75, 3.05) is 25.5 Å². The van der Waals surface area contributed by atoms with E-state index in [2.05, 4.69) is 17.4 Å². The zero-order valence-corrected chi connectivity index (χ0v) is 19.9. The van der Waals surface area contributed by atoms with Crippen molar-refractivity contribution in [1.29, 1.82) is 0 Å². The Kier molecular flexibility index (Phi) is 7.96. The standard InChI is InChI=1S/C26H32F3N3O3/c1-32(23(25(33)34)17-7-10-19(11-8-17)26(27,28)29)21-15-22(16-21)35-14-3-2-6-20-12-9-18-5-4-13-30-24(18)31-20/h7-12,21-23H,2-6,13-16H2,1H3,(H,30,31)(H,33,34). The lowest BCUT2D eigenvalue weighted by molar-refractivity contribution is -0.146. The molecule has 1 saturated carbocycles. The molecule has 0 spiro atoms. The van der Waals surface area contributed by atoms with Crippen molar-refractivity contribution in [3.63, 3.8) is 0 Å². The minimum atomic E-state index is -4.45. The van der Waals surface area contributed by atoms with Crippen LogP contribution in [0.5, 0.6) is 0 Å². The lowest BCUT2D eigenvalue weighted by atomic mass is 9.86. The maximum absolute atomic E-state index is 12.8. The number of carboxylic acid groups (broad SMARTS) is 1. The number of nitrogens with one attached hydrogen (secondary N) is 1. The van der Waals surface area contributed by atoms with Gasteiger partial charge in [-0.2, -0.15) is 13.2 Å². The molecule has 190 valence electrons. The molecule has 0 saturated heterocycles. The third kappa shape index (κ3) is 6.32. The van der Waals surface area contributed by atoms with Crippen LogP contribution in [0.4, 0.5) is 19.0 Å². The minimum absolute atomic E-state index is 0.00980. The van der Waals surface area contributed by atoms with Gasteiger partial charge < -0.3 is 15.2 Å². The van der Waals surface area contributed by atoms with Crippen molar-refractivity contribution in [2.24, 2.45) is 0 Å². The molecule has 2 heterocycles. The summed E-state index contributed by atoms with van der Waals surface area (Å²) in [5.41, 5.74) is 1.93. The molecule has 1 fully saturated rings. The zero-order valence-electron chi connectivity index (χ0n) is 19.9. The topological polar surface area (TPSA) is 74.7 Å². The van der Waals surface area contributed by atoms with Gasteiger partial charge in [-0.15, -0.1) is 0 Å². The van der Waals surface area contributed by atoms with E-state index in [1.54, 1.807) is 11.9 Å². The van der Waals surface area contributed by atoms with Crippen molar-refractivity contribution in [3.05, 3.63) is 58.8 Å². The molecule has 2 aromatic rings. The maximum atomic E-state index is 12.8. The Morgan fingerprint density at radius 1 is 1.20 bits per heavy atom. The minimum Gasteiger partial charge on any atom is -0.480 e. The highest BCUT2D eigenvalue weighted by Crippen LogP contribution is 2.35. The molecule has 1 aliphatic carbocycles. The van der Waals surface area contributed by atoms with Gasteiger partial charge in [-0.1, -0.05) is 18.2 Å². The summed E-state index contributed by atoms with van der Waals surface area (Å²) in [4.78, 5) is 18.3. The Bertz CT molecular complexity index is 1010. The quantitative estimate of drug-likeness (QED) is 0.451. The molecule has 4 rings (SSSR count). The van der Waals surface area contributed by atoms with Crippen LogP contribution in [0.2, 0.25) is 0 Å². The van der Waals surface area contributed by atoms with E-state index in [-0.39, 0.29) is 12.1 Å². The Morgan fingerprint density at radius 2 is 1.94 bits per heavy atom. The summed E-state index contributed by atoms with van der Waals surface area (Å²) in [6, 6.07) is 7.65. The van der Waals surface area contributed by atoms with Gasteiger partial charge in [0.25, 0.3) is 0 Å². The van der Waals surface area contributed by atoms with Crippen LogP contribution in [0.15, 0.2) is 36.4 Å². The second-order valence-electron chi connectivity index (χ2n) is 9.44. The largest absolute Gasteiger partial charge is 0.480 e. The lowest BCUT2D eigenvalue weighted by Crippen LogP contribution is -2.49. The van der Waals surface area contributed by atoms with Crippen LogP contribution < -0.4 is 5.32 Å². The zero-order chi connectivity index (χ0) is 25.0. The molecule has 9 heteroatoms. The summed E-state index contributed by atoms with van der Waals surface area (Å²) in [7, 11) is 1.71. The van der Waals surface area contributed by atoms with Crippen molar-refractivity contribution < 1.29 is 27.8 Å². The highest BCUT2D eigenvalue weighted by atomic mass is 19.4. The van der Waals surface area contributed by atoms with Gasteiger partial charge in [-0.05, 0) is 81.3 Å². The number of benzene rings is 1. The maximum Gasteiger partial charge on any atom is 0.416 e. The number of carbonyl (C=O) groups is 1. The number of likely N-dealkylation sites (N-methyl/N-ethyl adjacent to an activating group) is 1. The second-order valence-corrected chi connectivity index (χ2v) is 9.44. The molecule has 0 bridgehead atoms. The number of halogens is 3. The van der Waals surface area contributed by atoms with Gasteiger partial charge in [0, 0.05) is 24.9 Å². The number of nitrogens with zero attached hydrogens (tertiary/aromatic N) is 2. The van der Waals surface area contributed by atoms with Crippen LogP contribution >= 0.6 is 0 Å². The van der Waals surface area contributed by atoms with Gasteiger partial charge in [0.15, 0.2) is 0 Å². The Morgan fingerprint density at radius 3 is 2.63 bits per heavy atom. The fourth-order valence-corrected chi connectivity index (χ4v) is 4.79. The number of pyridine rings is 1. The molecule has 1 aromatic carbocycles. The molecule has 0 amide bonds. The fourth-order valence-electron chi connectivity index (χ4n) is 4.79. The molecule has 1 atom stereocenters. The first-order valence-electron chi connectivity index (χ1n) is 12.2. The van der Waals surface area contributed by atoms with E-state index >= 15 is 0 Å². The third-order valence-corrected chi connectivity index (χ3v) is 6.97. The molecule has 2 N–H and O–H groups in total. The average Bonchev–Trinajstić information content (AvgIpc) is 2.79. The van der Waals surface area contributed by atoms with Gasteiger partial charge in [0.05, 0.1) is 11.7 Å². The Hall–Kier alpha value is -2.65. The van der Waals surface area contributed by atoms with Crippen LogP contribution in [-0.4, -0.2) is 53.3 Å². The normalized spacial score (nSPS) is 20.6. The molecular formula is C26H32F3N3O3. The number of unbranched alkanes of at least 4 members (excludes halogenated alkanes) is 1. The van der Waals surface area contributed by atoms with Crippen molar-refractivity contribution in [3.8, 4) is 0 Å². The van der Waals surface area contributed by atoms with Crippen LogP contribution in [0.3, 0.4) is 0 Å². The van der Waals surface area contributed by atoms with Gasteiger partial charge in [-0.25, -0.2) is 4.98 Å². The summed E-state index contributed by atoms with van der Waals surface area (Å²) in [6.45, 7) is 1.62. The number of carboxylic acids is 1. The highest BCUT2D eigenvalue weighted by Gasteiger charge is 2.39. The van der Waals surface area contributed by atoms with Crippen LogP contribution in [0.1, 0.15) is 60.5 Å². The summed E-state index contributed by atoms with van der Waals surface area (Å²) < 4.78 is 44.4. The van der Waals surface area contributed by atoms with Crippen LogP contribution in [0, 0.1) is 0 Å². The summed E-state index contributed by atoms with van der Waals surface area (Å²) in [5, 5.41) is 13.1. The Balaban J connectivity index is 1.18. The predicted octanol–water partition coefficient (Wildman–Crippen LogP) is 5.09. The fraction of sp³-hybridized carbons (Fsp3) is 0.538. The molecule has 2 aliphatic rings. The molecule has 1 aliphatic heterocycles. The number of ether oxygens (including phenoxy) is 1. The molecule has 35 heavy (non-hydrogen) atoms. The number of hydrogen-bond donors (Lipinski definition) is 2. The van der Waals surface area contributed by atoms with Crippen molar-refractivity contribution in [2.45, 2.75) is 69.3 Å². The first kappa shape index (κ1) is 25.4. The van der Waals surface area contributed by atoms with E-state index < -0.39 is 23.8 Å². The smallest absolute Gasteiger partial charge is 0.416 e. The SMILES string of the molecule is CN(C1CC(OCCCCc2ccc3c(n2)NCCC3)C1)C(C(=O)O)c1ccc(C(F)(F)F)cc1. The highest BCUT2D eigenvalue weighted by molar-refractivity contribution is 5.75. The number of hydrogen-bond acceptors (Lipinski definition) is 5. The summed E-state index contributed by atoms with van der Waals surface area (Å²) in [5.74, 6) is -0.0618. The number of rotatable bonds is 10. The summed E-state index contributed by atoms with van der Waals surface area (Å²) in [6.07, 6.45) is 2.09. The second kappa shape index (κ2) is 11.0. The third-order valence-electron chi connectivity index (χ3n) is 6.97. The van der Waals surface area contributed by atoms with Crippen LogP contribution in [0.25, 0.3) is 0 Å². The predicted molar refractivity (Wildman–Crippen MR) is 126 cm³/mol. The van der Waals surface area contributed by atoms with Crippen LogP contribution in [-0.2, 0) is 28.5 Å². The molecule has 0 radical (unpaired) electrons. The van der Waals surface area contributed by atoms with Gasteiger partial charge in [0.2, 0.25) is 0 Å². The van der Waals surface area contributed by atoms with Crippen molar-refractivity contribution >= 4 is 11.8 Å². The number of anilines is 1. The molecular weight excluding hydrogens is 459 g/mol. The van der Waals surface area contributed by atoms with Gasteiger partial charge in [-0.3, -0.25) is 9.69 Å². The van der Waals surface area contributed by atoms with Gasteiger partial charge >= 0.3 is 12.1 Å². The van der Waals surface area contributed by atoms with E-state index in [1.807, 2.05) is 0 Å². The molecule has 1 aromatic heterocycles. The average molecular weight is 492 g/mol. The number of aryl methyl sites for hydroxylation is 2. The van der Waals surface area contributed by atoms with E-state index in [4.69, 9.17) is 9.72 Å². The summed E-state index contributed by atoms with van der Waals surface area (Å²) >= 11 is 0. The van der Waals surface area contributed by atoms with Gasteiger partial charge in [0.1, 0.15) is 11.9 Å². The molecule has 6 nitrogen and oxygen atoms in total. The number of fused-ring (bicyclic) bond motifs is 1. The van der Waals surface area contributed by atoms with E-state index in [0.717, 1.165) is 62.3 Å². The lowest BCUT2D eigenvalue weighted by Gasteiger charge is -2.43. The van der Waals surface area contributed by atoms with E-state index in [9.17, 15) is 23.1 Å². The first-order valence-corrected chi connectivity index (χ1v) is 12.2. The molecule has 1 unspecified atom stereocenters. The number of aliphatic carboxylic acids is 1. The number of alkyl halides is 3. The van der Waals surface area contributed by atoms with Crippen molar-refractivity contribution in [1.82, 2.24) is 9.88 Å². The number of aromatic nitrogens is 1. The Labute approximate surface area is 203 Å².